The van der Waals surface area contributed by atoms with E-state index in [0.717, 1.165) is 23.6 Å². The maximum absolute atomic E-state index is 14.0. The first-order chi connectivity index (χ1) is 20.9. The van der Waals surface area contributed by atoms with Crippen molar-refractivity contribution in [2.45, 2.75) is 75.4 Å². The largest absolute Gasteiger partial charge is 0.418 e. The van der Waals surface area contributed by atoms with Gasteiger partial charge in [-0.2, -0.15) is 13.2 Å². The zero-order valence-corrected chi connectivity index (χ0v) is 25.0. The summed E-state index contributed by atoms with van der Waals surface area (Å²) in [6, 6.07) is 4.23. The second-order valence-electron chi connectivity index (χ2n) is 11.4. The van der Waals surface area contributed by atoms with Crippen LogP contribution in [-0.2, 0) is 11.0 Å². The van der Waals surface area contributed by atoms with Crippen LogP contribution in [0.15, 0.2) is 35.8 Å². The van der Waals surface area contributed by atoms with Gasteiger partial charge in [0.05, 0.1) is 17.8 Å². The molecule has 15 heteroatoms. The van der Waals surface area contributed by atoms with Crippen LogP contribution >= 0.6 is 11.3 Å². The predicted molar refractivity (Wildman–Crippen MR) is 154 cm³/mol. The van der Waals surface area contributed by atoms with Crippen LogP contribution in [0.2, 0.25) is 0 Å². The standard InChI is InChI=1S/C29H34F5N7O2S/c1-39(27-35-13-16-44-27)23(42)17-20(11-15-40-14-6-12-28(30,31)18-40)36-26(43)24-37-25(19-7-2-3-8-19)41(38-24)22-10-5-4-9-21(22)29(32,33)34/h4-5,9-10,13,16,19-20H,2-3,6-8,11-12,14-15,17-18H2,1H3,(H,36,43)/t20-/m0/s1. The molecule has 5 rings (SSSR count). The summed E-state index contributed by atoms with van der Waals surface area (Å²) in [5.74, 6) is -4.13. The molecule has 2 amide bonds. The summed E-state index contributed by atoms with van der Waals surface area (Å²) in [6.07, 6.45) is 0.252. The van der Waals surface area contributed by atoms with E-state index in [-0.39, 0.29) is 55.0 Å². The van der Waals surface area contributed by atoms with E-state index in [1.165, 1.54) is 34.4 Å². The van der Waals surface area contributed by atoms with E-state index in [1.807, 2.05) is 0 Å². The van der Waals surface area contributed by atoms with Gasteiger partial charge in [-0.3, -0.25) is 19.4 Å². The van der Waals surface area contributed by atoms with Crippen LogP contribution in [0.1, 0.15) is 79.3 Å². The van der Waals surface area contributed by atoms with Gasteiger partial charge in [0.1, 0.15) is 5.82 Å². The lowest BCUT2D eigenvalue weighted by Crippen LogP contribution is -2.46. The molecular weight excluding hydrogens is 605 g/mol. The quantitative estimate of drug-likeness (QED) is 0.287. The molecule has 1 saturated heterocycles. The van der Waals surface area contributed by atoms with Crippen LogP contribution in [0.4, 0.5) is 27.1 Å². The third-order valence-electron chi connectivity index (χ3n) is 8.10. The van der Waals surface area contributed by atoms with E-state index in [0.29, 0.717) is 30.9 Å². The lowest BCUT2D eigenvalue weighted by molar-refractivity contribution is -0.137. The number of nitrogens with one attached hydrogen (secondary N) is 1. The van der Waals surface area contributed by atoms with Gasteiger partial charge in [-0.25, -0.2) is 23.4 Å². The Hall–Kier alpha value is -3.46. The summed E-state index contributed by atoms with van der Waals surface area (Å²) in [6.45, 7) is 0.275. The molecule has 1 atom stereocenters. The van der Waals surface area contributed by atoms with Crippen molar-refractivity contribution in [3.05, 3.63) is 53.1 Å². The number of nitrogens with zero attached hydrogens (tertiary/aromatic N) is 6. The number of carbonyl (C=O) groups excluding carboxylic acids is 2. The number of hydrogen-bond acceptors (Lipinski definition) is 7. The third kappa shape index (κ3) is 7.60. The van der Waals surface area contributed by atoms with Crippen LogP contribution in [-0.4, -0.2) is 75.1 Å². The van der Waals surface area contributed by atoms with Crippen LogP contribution < -0.4 is 10.2 Å². The Labute approximate surface area is 255 Å². The molecule has 44 heavy (non-hydrogen) atoms. The van der Waals surface area contributed by atoms with E-state index >= 15 is 0 Å². The summed E-state index contributed by atoms with van der Waals surface area (Å²) in [5, 5.41) is 9.21. The lowest BCUT2D eigenvalue weighted by atomic mass is 10.0. The molecule has 9 nitrogen and oxygen atoms in total. The summed E-state index contributed by atoms with van der Waals surface area (Å²) in [5.41, 5.74) is -1.13. The molecule has 3 aromatic rings. The fourth-order valence-corrected chi connectivity index (χ4v) is 6.46. The van der Waals surface area contributed by atoms with Gasteiger partial charge in [-0.05, 0) is 44.4 Å². The molecule has 2 aromatic heterocycles. The number of benzene rings is 1. The van der Waals surface area contributed by atoms with Crippen LogP contribution in [0.5, 0.6) is 0 Å². The zero-order valence-electron chi connectivity index (χ0n) is 24.2. The average Bonchev–Trinajstić information content (AvgIpc) is 3.76. The minimum absolute atomic E-state index is 0.154. The van der Waals surface area contributed by atoms with E-state index in [4.69, 9.17) is 0 Å². The van der Waals surface area contributed by atoms with E-state index in [2.05, 4.69) is 20.4 Å². The van der Waals surface area contributed by atoms with Crippen LogP contribution in [0.25, 0.3) is 5.69 Å². The smallest absolute Gasteiger partial charge is 0.346 e. The Bertz CT molecular complexity index is 1440. The molecule has 1 N–H and O–H groups in total. The maximum atomic E-state index is 14.0. The highest BCUT2D eigenvalue weighted by molar-refractivity contribution is 7.13. The van der Waals surface area contributed by atoms with Crippen molar-refractivity contribution in [1.29, 1.82) is 0 Å². The van der Waals surface area contributed by atoms with Crippen LogP contribution in [0, 0.1) is 0 Å². The SMILES string of the molecule is CN(C(=O)C[C@H](CCN1CCCC(F)(F)C1)NC(=O)c1nc(C2CCCC2)n(-c2ccccc2C(F)(F)F)n1)c1nccs1. The second-order valence-corrected chi connectivity index (χ2v) is 12.2. The summed E-state index contributed by atoms with van der Waals surface area (Å²) < 4.78 is 70.9. The van der Waals surface area contributed by atoms with Gasteiger partial charge in [-0.1, -0.05) is 25.0 Å². The number of piperidine rings is 1. The fraction of sp³-hybridized carbons (Fsp3) is 0.552. The molecule has 0 spiro atoms. The Morgan fingerprint density at radius 2 is 1.93 bits per heavy atom. The molecule has 1 aliphatic heterocycles. The molecule has 2 aliphatic rings. The number of thiazole rings is 1. The number of alkyl halides is 5. The first-order valence-electron chi connectivity index (χ1n) is 14.6. The van der Waals surface area contributed by atoms with Gasteiger partial charge < -0.3 is 5.32 Å². The highest BCUT2D eigenvalue weighted by Gasteiger charge is 2.37. The first kappa shape index (κ1) is 31.9. The number of likely N-dealkylation sites (tertiary alicyclic amines) is 1. The number of para-hydroxylation sites is 1. The second kappa shape index (κ2) is 13.3. The Balaban J connectivity index is 1.40. The highest BCUT2D eigenvalue weighted by Crippen LogP contribution is 2.38. The Morgan fingerprint density at radius 3 is 2.61 bits per heavy atom. The number of hydrogen-bond donors (Lipinski definition) is 1. The lowest BCUT2D eigenvalue weighted by Gasteiger charge is -2.33. The molecule has 1 aromatic carbocycles. The van der Waals surface area contributed by atoms with Gasteiger partial charge in [0.2, 0.25) is 11.7 Å². The molecule has 1 aliphatic carbocycles. The predicted octanol–water partition coefficient (Wildman–Crippen LogP) is 5.67. The number of aromatic nitrogens is 4. The van der Waals surface area contributed by atoms with Crippen LogP contribution in [0.3, 0.4) is 0 Å². The number of halogens is 5. The van der Waals surface area contributed by atoms with Gasteiger partial charge >= 0.3 is 6.18 Å². The highest BCUT2D eigenvalue weighted by atomic mass is 32.1. The fourth-order valence-electron chi connectivity index (χ4n) is 5.83. The van der Waals surface area contributed by atoms with Gasteiger partial charge in [-0.15, -0.1) is 16.4 Å². The summed E-state index contributed by atoms with van der Waals surface area (Å²) in [7, 11) is 1.56. The number of carbonyl (C=O) groups is 2. The van der Waals surface area contributed by atoms with Gasteiger partial charge in [0, 0.05) is 50.0 Å². The number of rotatable bonds is 10. The topological polar surface area (TPSA) is 96.2 Å². The van der Waals surface area contributed by atoms with E-state index in [1.54, 1.807) is 23.5 Å². The molecule has 0 unspecified atom stereocenters. The molecule has 0 bridgehead atoms. The Morgan fingerprint density at radius 1 is 1.18 bits per heavy atom. The number of anilines is 1. The van der Waals surface area contributed by atoms with Crippen molar-refractivity contribution < 1.29 is 31.5 Å². The molecule has 3 heterocycles. The van der Waals surface area contributed by atoms with Crippen molar-refractivity contribution >= 4 is 28.3 Å². The van der Waals surface area contributed by atoms with Gasteiger partial charge in [0.15, 0.2) is 5.13 Å². The average molecular weight is 640 g/mol. The zero-order chi connectivity index (χ0) is 31.5. The molecular formula is C29H34F5N7O2S. The maximum Gasteiger partial charge on any atom is 0.418 e. The minimum atomic E-state index is -4.65. The summed E-state index contributed by atoms with van der Waals surface area (Å²) in [4.78, 5) is 38.2. The molecule has 238 valence electrons. The first-order valence-corrected chi connectivity index (χ1v) is 15.5. The minimum Gasteiger partial charge on any atom is -0.346 e. The number of amides is 2. The van der Waals surface area contributed by atoms with E-state index in [9.17, 15) is 31.5 Å². The van der Waals surface area contributed by atoms with E-state index < -0.39 is 36.2 Å². The van der Waals surface area contributed by atoms with Crippen molar-refractivity contribution in [3.8, 4) is 5.69 Å². The van der Waals surface area contributed by atoms with Crippen molar-refractivity contribution in [2.75, 3.05) is 31.6 Å². The monoisotopic (exact) mass is 639 g/mol. The molecule has 2 fully saturated rings. The van der Waals surface area contributed by atoms with Crippen molar-refractivity contribution in [1.82, 2.24) is 30.0 Å². The van der Waals surface area contributed by atoms with Crippen molar-refractivity contribution in [2.24, 2.45) is 0 Å². The normalized spacial score (nSPS) is 18.3. The molecule has 0 radical (unpaired) electrons. The van der Waals surface area contributed by atoms with Crippen molar-refractivity contribution in [3.63, 3.8) is 0 Å². The Kier molecular flexibility index (Phi) is 9.63. The van der Waals surface area contributed by atoms with Gasteiger partial charge in [0.25, 0.3) is 11.8 Å². The summed E-state index contributed by atoms with van der Waals surface area (Å²) >= 11 is 1.26. The molecule has 1 saturated carbocycles. The third-order valence-corrected chi connectivity index (χ3v) is 8.94.